The Morgan fingerprint density at radius 2 is 2.16 bits per heavy atom. The van der Waals surface area contributed by atoms with Gasteiger partial charge in [0.2, 0.25) is 10.0 Å². The van der Waals surface area contributed by atoms with E-state index in [0.29, 0.717) is 12.0 Å². The van der Waals surface area contributed by atoms with Crippen LogP contribution < -0.4 is 4.72 Å². The normalized spacial score (nSPS) is 14.8. The first-order valence-electron chi connectivity index (χ1n) is 5.94. The highest BCUT2D eigenvalue weighted by Crippen LogP contribution is 2.26. The monoisotopic (exact) mass is 299 g/mol. The Kier molecular flexibility index (Phi) is 4.48. The highest BCUT2D eigenvalue weighted by atomic mass is 35.5. The second-order valence-corrected chi connectivity index (χ2v) is 6.41. The summed E-state index contributed by atoms with van der Waals surface area (Å²) in [6.45, 7) is -0.00148. The molecule has 0 amide bonds. The average Bonchev–Trinajstić information content (AvgIpc) is 3.12. The standard InChI is InChI=1S/C13H14ClNO3S/c14-12-9-10(3-1-2-8-16)4-7-13(12)19(17,18)15-11-5-6-11/h4,7,9,11,15-16H,2,5-6,8H2. The predicted molar refractivity (Wildman–Crippen MR) is 73.4 cm³/mol. The first kappa shape index (κ1) is 14.4. The van der Waals surface area contributed by atoms with Gasteiger partial charge in [-0.15, -0.1) is 0 Å². The van der Waals surface area contributed by atoms with Gasteiger partial charge in [-0.05, 0) is 31.0 Å². The number of hydrogen-bond acceptors (Lipinski definition) is 3. The van der Waals surface area contributed by atoms with Crippen molar-refractivity contribution >= 4 is 21.6 Å². The van der Waals surface area contributed by atoms with Crippen LogP contribution in [0.3, 0.4) is 0 Å². The van der Waals surface area contributed by atoms with Gasteiger partial charge in [-0.3, -0.25) is 0 Å². The van der Waals surface area contributed by atoms with Crippen molar-refractivity contribution in [3.63, 3.8) is 0 Å². The molecule has 0 unspecified atom stereocenters. The van der Waals surface area contributed by atoms with Gasteiger partial charge >= 0.3 is 0 Å². The van der Waals surface area contributed by atoms with Crippen LogP contribution in [0.25, 0.3) is 0 Å². The summed E-state index contributed by atoms with van der Waals surface area (Å²) in [5.74, 6) is 5.56. The third kappa shape index (κ3) is 3.95. The molecule has 0 saturated heterocycles. The van der Waals surface area contributed by atoms with Crippen molar-refractivity contribution in [1.29, 1.82) is 0 Å². The van der Waals surface area contributed by atoms with Gasteiger partial charge in [0.25, 0.3) is 0 Å². The molecule has 0 radical (unpaired) electrons. The molecule has 6 heteroatoms. The molecular weight excluding hydrogens is 286 g/mol. The first-order valence-corrected chi connectivity index (χ1v) is 7.80. The maximum atomic E-state index is 12.0. The SMILES string of the molecule is O=S(=O)(NC1CC1)c1ccc(C#CCCO)cc1Cl. The summed E-state index contributed by atoms with van der Waals surface area (Å²) >= 11 is 5.99. The molecule has 1 aromatic rings. The van der Waals surface area contributed by atoms with Gasteiger partial charge in [0, 0.05) is 18.0 Å². The molecule has 1 aliphatic rings. The average molecular weight is 300 g/mol. The Labute approximate surface area is 117 Å². The number of nitrogens with one attached hydrogen (secondary N) is 1. The molecule has 2 rings (SSSR count). The second-order valence-electron chi connectivity index (χ2n) is 4.32. The minimum atomic E-state index is -3.54. The number of aliphatic hydroxyl groups excluding tert-OH is 1. The van der Waals surface area contributed by atoms with Crippen molar-refractivity contribution in [2.45, 2.75) is 30.2 Å². The smallest absolute Gasteiger partial charge is 0.242 e. The van der Waals surface area contributed by atoms with E-state index in [2.05, 4.69) is 16.6 Å². The van der Waals surface area contributed by atoms with Crippen LogP contribution in [0, 0.1) is 11.8 Å². The van der Waals surface area contributed by atoms with Gasteiger partial charge in [0.1, 0.15) is 4.90 Å². The molecule has 1 aromatic carbocycles. The van der Waals surface area contributed by atoms with Crippen molar-refractivity contribution in [1.82, 2.24) is 4.72 Å². The minimum Gasteiger partial charge on any atom is -0.395 e. The molecule has 0 atom stereocenters. The zero-order chi connectivity index (χ0) is 13.9. The molecule has 102 valence electrons. The lowest BCUT2D eigenvalue weighted by Gasteiger charge is -2.07. The van der Waals surface area contributed by atoms with Crippen molar-refractivity contribution in [3.8, 4) is 11.8 Å². The molecule has 1 saturated carbocycles. The Balaban J connectivity index is 2.21. The van der Waals surface area contributed by atoms with E-state index in [0.717, 1.165) is 12.8 Å². The summed E-state index contributed by atoms with van der Waals surface area (Å²) < 4.78 is 26.6. The summed E-state index contributed by atoms with van der Waals surface area (Å²) in [7, 11) is -3.54. The highest BCUT2D eigenvalue weighted by Gasteiger charge is 2.29. The molecule has 1 fully saturated rings. The van der Waals surface area contributed by atoms with E-state index in [1.807, 2.05) is 0 Å². The largest absolute Gasteiger partial charge is 0.395 e. The summed E-state index contributed by atoms with van der Waals surface area (Å²) in [6, 6.07) is 4.63. The topological polar surface area (TPSA) is 66.4 Å². The zero-order valence-corrected chi connectivity index (χ0v) is 11.8. The van der Waals surface area contributed by atoms with Crippen LogP contribution in [0.5, 0.6) is 0 Å². The van der Waals surface area contributed by atoms with Gasteiger partial charge < -0.3 is 5.11 Å². The van der Waals surface area contributed by atoms with Gasteiger partial charge in [0.15, 0.2) is 0 Å². The number of aliphatic hydroxyl groups is 1. The number of sulfonamides is 1. The zero-order valence-electron chi connectivity index (χ0n) is 10.2. The van der Waals surface area contributed by atoms with Crippen LogP contribution in [-0.2, 0) is 10.0 Å². The van der Waals surface area contributed by atoms with Gasteiger partial charge in [0.05, 0.1) is 11.6 Å². The van der Waals surface area contributed by atoms with E-state index in [-0.39, 0.29) is 22.6 Å². The number of halogens is 1. The quantitative estimate of drug-likeness (QED) is 0.828. The minimum absolute atomic E-state index is 0.00148. The molecule has 4 nitrogen and oxygen atoms in total. The summed E-state index contributed by atoms with van der Waals surface area (Å²) in [6.07, 6.45) is 2.13. The third-order valence-electron chi connectivity index (χ3n) is 2.59. The molecule has 1 aliphatic carbocycles. The number of benzene rings is 1. The fourth-order valence-electron chi connectivity index (χ4n) is 1.50. The van der Waals surface area contributed by atoms with Crippen molar-refractivity contribution < 1.29 is 13.5 Å². The van der Waals surface area contributed by atoms with Crippen LogP contribution in [0.15, 0.2) is 23.1 Å². The van der Waals surface area contributed by atoms with Crippen LogP contribution >= 0.6 is 11.6 Å². The van der Waals surface area contributed by atoms with Gasteiger partial charge in [-0.2, -0.15) is 0 Å². The molecule has 0 aliphatic heterocycles. The third-order valence-corrected chi connectivity index (χ3v) is 4.59. The van der Waals surface area contributed by atoms with Crippen molar-refractivity contribution in [2.75, 3.05) is 6.61 Å². The lowest BCUT2D eigenvalue weighted by atomic mass is 10.2. The Hall–Kier alpha value is -1.06. The highest BCUT2D eigenvalue weighted by molar-refractivity contribution is 7.89. The molecule has 0 spiro atoms. The van der Waals surface area contributed by atoms with E-state index in [1.165, 1.54) is 12.1 Å². The van der Waals surface area contributed by atoms with Crippen molar-refractivity contribution in [2.24, 2.45) is 0 Å². The van der Waals surface area contributed by atoms with E-state index in [4.69, 9.17) is 16.7 Å². The lowest BCUT2D eigenvalue weighted by molar-refractivity contribution is 0.305. The van der Waals surface area contributed by atoms with Crippen LogP contribution in [0.4, 0.5) is 0 Å². The van der Waals surface area contributed by atoms with Crippen LogP contribution in [0.1, 0.15) is 24.8 Å². The summed E-state index contributed by atoms with van der Waals surface area (Å²) in [5.41, 5.74) is 0.629. The van der Waals surface area contributed by atoms with E-state index in [9.17, 15) is 8.42 Å². The van der Waals surface area contributed by atoms with E-state index in [1.54, 1.807) is 6.07 Å². The van der Waals surface area contributed by atoms with Crippen LogP contribution in [-0.4, -0.2) is 26.2 Å². The molecular formula is C13H14ClNO3S. The molecule has 0 aromatic heterocycles. The molecule has 2 N–H and O–H groups in total. The van der Waals surface area contributed by atoms with Gasteiger partial charge in [-0.25, -0.2) is 13.1 Å². The van der Waals surface area contributed by atoms with Crippen LogP contribution in [0.2, 0.25) is 5.02 Å². The Morgan fingerprint density at radius 1 is 1.42 bits per heavy atom. The molecule has 0 bridgehead atoms. The Bertz CT molecular complexity index is 627. The maximum Gasteiger partial charge on any atom is 0.242 e. The number of rotatable bonds is 4. The second kappa shape index (κ2) is 5.93. The maximum absolute atomic E-state index is 12.0. The molecule has 0 heterocycles. The fraction of sp³-hybridized carbons (Fsp3) is 0.385. The lowest BCUT2D eigenvalue weighted by Crippen LogP contribution is -2.25. The molecule has 19 heavy (non-hydrogen) atoms. The van der Waals surface area contributed by atoms with E-state index >= 15 is 0 Å². The summed E-state index contributed by atoms with van der Waals surface area (Å²) in [5, 5.41) is 8.78. The van der Waals surface area contributed by atoms with Crippen molar-refractivity contribution in [3.05, 3.63) is 28.8 Å². The van der Waals surface area contributed by atoms with E-state index < -0.39 is 10.0 Å². The fourth-order valence-corrected chi connectivity index (χ4v) is 3.35. The Morgan fingerprint density at radius 3 is 2.74 bits per heavy atom. The van der Waals surface area contributed by atoms with Gasteiger partial charge in [-0.1, -0.05) is 23.4 Å². The predicted octanol–water partition coefficient (Wildman–Crippen LogP) is 1.51. The first-order chi connectivity index (χ1) is 9.03. The number of hydrogen-bond donors (Lipinski definition) is 2. The summed E-state index contributed by atoms with van der Waals surface area (Å²) in [4.78, 5) is 0.0776.